The molecule has 0 fully saturated rings. The van der Waals surface area contributed by atoms with Gasteiger partial charge in [-0.2, -0.15) is 20.2 Å². The predicted molar refractivity (Wildman–Crippen MR) is 131 cm³/mol. The molecule has 0 aromatic heterocycles. The van der Waals surface area contributed by atoms with Crippen LogP contribution in [0.15, 0.2) is 46.8 Å². The molecule has 0 bridgehead atoms. The van der Waals surface area contributed by atoms with Crippen LogP contribution in [0.2, 0.25) is 0 Å². The molecule has 0 amide bonds. The Morgan fingerprint density at radius 3 is 1.33 bits per heavy atom. The molecule has 4 nitrogen and oxygen atoms in total. The van der Waals surface area contributed by atoms with Gasteiger partial charge in [-0.05, 0) is 57.6 Å². The lowest BCUT2D eigenvalue weighted by Crippen LogP contribution is -2.24. The molecular weight excluding hydrogens is 568 g/mol. The van der Waals surface area contributed by atoms with Crippen molar-refractivity contribution in [3.63, 3.8) is 0 Å². The van der Waals surface area contributed by atoms with Gasteiger partial charge in [0.2, 0.25) is 0 Å². The van der Waals surface area contributed by atoms with Crippen molar-refractivity contribution < 1.29 is 35.1 Å². The van der Waals surface area contributed by atoms with Gasteiger partial charge in [0.1, 0.15) is 42.5 Å². The van der Waals surface area contributed by atoms with Crippen molar-refractivity contribution in [1.29, 1.82) is 10.5 Å². The molecule has 2 aliphatic rings. The summed E-state index contributed by atoms with van der Waals surface area (Å²) in [6.45, 7) is 14.5. The zero-order valence-electron chi connectivity index (χ0n) is 20.5. The Hall–Kier alpha value is -5.72. The van der Waals surface area contributed by atoms with Crippen molar-refractivity contribution in [3.8, 4) is 34.4 Å². The van der Waals surface area contributed by atoms with Crippen LogP contribution in [0.4, 0.5) is 35.1 Å². The monoisotopic (exact) mass is 576 g/mol. The van der Waals surface area contributed by atoms with Gasteiger partial charge in [-0.3, -0.25) is 0 Å². The van der Waals surface area contributed by atoms with Crippen LogP contribution >= 0.6 is 0 Å². The minimum Gasteiger partial charge on any atom is -0.207 e. The Balaban J connectivity index is 2.12. The molecule has 0 spiro atoms. The quantitative estimate of drug-likeness (QED) is 0.151. The maximum atomic E-state index is 16.2. The van der Waals surface area contributed by atoms with E-state index >= 15 is 8.78 Å². The van der Waals surface area contributed by atoms with Crippen molar-refractivity contribution in [2.24, 2.45) is 0 Å². The molecule has 0 radical (unpaired) electrons. The topological polar surface area (TPSA) is 56.3 Å². The van der Waals surface area contributed by atoms with E-state index in [1.807, 2.05) is 0 Å². The standard InChI is InChI=1S/C30H8F8N4/c1-41-30(42-2)17-8-16-23(12-5-20(33)29(38)21(34)6-12)24-15(7-14(26(24)35)13(9-39)10-40)22(25(16)27(17)36)11-3-18(31)28(37)19(32)4-11/h3-6H,7-8H2. The average molecular weight is 576 g/mol. The van der Waals surface area contributed by atoms with E-state index in [2.05, 4.69) is 9.69 Å². The number of nitriles is 2. The molecule has 12 heteroatoms. The molecule has 2 aliphatic carbocycles. The normalized spacial score (nSPS) is 13.2. The predicted octanol–water partition coefficient (Wildman–Crippen LogP) is 6.52. The summed E-state index contributed by atoms with van der Waals surface area (Å²) in [5.74, 6) is -13.9. The minimum atomic E-state index is -1.87. The molecule has 5 rings (SSSR count). The average Bonchev–Trinajstić information content (AvgIpc) is 3.47. The Morgan fingerprint density at radius 1 is 0.619 bits per heavy atom. The second kappa shape index (κ2) is 10.0. The Morgan fingerprint density at radius 2 is 0.976 bits per heavy atom. The van der Waals surface area contributed by atoms with Crippen molar-refractivity contribution in [3.05, 3.63) is 126 Å². The van der Waals surface area contributed by atoms with E-state index < -0.39 is 115 Å². The molecule has 0 saturated heterocycles. The number of hydrogen-bond acceptors (Lipinski definition) is 2. The van der Waals surface area contributed by atoms with Crippen LogP contribution in [-0.4, -0.2) is 0 Å². The van der Waals surface area contributed by atoms with Crippen LogP contribution in [0.3, 0.4) is 0 Å². The molecule has 3 aromatic carbocycles. The molecule has 0 atom stereocenters. The molecule has 0 N–H and O–H groups in total. The highest BCUT2D eigenvalue weighted by Gasteiger charge is 2.37. The summed E-state index contributed by atoms with van der Waals surface area (Å²) in [5, 5.41) is 17.7. The summed E-state index contributed by atoms with van der Waals surface area (Å²) in [4.78, 5) is 5.95. The van der Waals surface area contributed by atoms with Crippen molar-refractivity contribution in [2.75, 3.05) is 0 Å². The van der Waals surface area contributed by atoms with E-state index in [9.17, 15) is 36.9 Å². The maximum Gasteiger partial charge on any atom is 0.525 e. The van der Waals surface area contributed by atoms with Crippen LogP contribution in [-0.2, 0) is 12.8 Å². The first-order chi connectivity index (χ1) is 20.0. The molecule has 204 valence electrons. The van der Waals surface area contributed by atoms with Gasteiger partial charge in [0, 0.05) is 28.9 Å². The fourth-order valence-electron chi connectivity index (χ4n) is 5.23. The number of benzene rings is 3. The van der Waals surface area contributed by atoms with Crippen LogP contribution in [0.5, 0.6) is 0 Å². The summed E-state index contributed by atoms with van der Waals surface area (Å²) >= 11 is 0. The zero-order valence-corrected chi connectivity index (χ0v) is 20.5. The lowest BCUT2D eigenvalue weighted by Gasteiger charge is -2.16. The Labute approximate surface area is 230 Å². The SMILES string of the molecule is [C-]#[N+]C([N+]#[C-])=C1Cc2c(-c3cc(F)c(F)c(F)c3)c3c(c(-c4cc(F)c(F)c(F)c4)c2=C1F)CC(=C(C#N)C#N)C=3F. The third kappa shape index (κ3) is 3.93. The number of hydrogen-bond donors (Lipinski definition) is 0. The molecular formula is C30H8F8N4. The number of fused-ring (bicyclic) bond motifs is 2. The van der Waals surface area contributed by atoms with E-state index in [0.29, 0.717) is 24.3 Å². The van der Waals surface area contributed by atoms with Crippen LogP contribution in [0.25, 0.3) is 43.6 Å². The molecule has 0 heterocycles. The highest BCUT2D eigenvalue weighted by molar-refractivity contribution is 5.90. The summed E-state index contributed by atoms with van der Waals surface area (Å²) in [6.07, 6.45) is -1.32. The summed E-state index contributed by atoms with van der Waals surface area (Å²) in [5.41, 5.74) is -4.32. The van der Waals surface area contributed by atoms with Gasteiger partial charge in [-0.25, -0.2) is 35.1 Å². The summed E-state index contributed by atoms with van der Waals surface area (Å²) in [7, 11) is 0. The lowest BCUT2D eigenvalue weighted by molar-refractivity contribution is 0.447. The first-order valence-electron chi connectivity index (χ1n) is 11.6. The van der Waals surface area contributed by atoms with E-state index in [1.165, 1.54) is 12.1 Å². The third-order valence-corrected chi connectivity index (χ3v) is 6.94. The van der Waals surface area contributed by atoms with Crippen molar-refractivity contribution in [1.82, 2.24) is 0 Å². The summed E-state index contributed by atoms with van der Waals surface area (Å²) in [6, 6.07) is 4.94. The third-order valence-electron chi connectivity index (χ3n) is 6.94. The van der Waals surface area contributed by atoms with E-state index in [1.54, 1.807) is 0 Å². The van der Waals surface area contributed by atoms with Gasteiger partial charge < -0.3 is 0 Å². The van der Waals surface area contributed by atoms with Crippen LogP contribution < -0.4 is 10.4 Å². The maximum absolute atomic E-state index is 16.2. The van der Waals surface area contributed by atoms with Crippen molar-refractivity contribution >= 4 is 11.7 Å². The second-order valence-corrected chi connectivity index (χ2v) is 9.05. The molecule has 42 heavy (non-hydrogen) atoms. The molecule has 0 aliphatic heterocycles. The number of nitrogens with zero attached hydrogens (tertiary/aromatic N) is 4. The van der Waals surface area contributed by atoms with Gasteiger partial charge in [-0.15, -0.1) is 0 Å². The second-order valence-electron chi connectivity index (χ2n) is 9.05. The first-order valence-corrected chi connectivity index (χ1v) is 11.6. The van der Waals surface area contributed by atoms with E-state index in [4.69, 9.17) is 13.1 Å². The number of halogens is 8. The fourth-order valence-corrected chi connectivity index (χ4v) is 5.23. The fraction of sp³-hybridized carbons (Fsp3) is 0.0667. The van der Waals surface area contributed by atoms with Crippen LogP contribution in [0, 0.1) is 70.7 Å². The van der Waals surface area contributed by atoms with Gasteiger partial charge in [0.05, 0.1) is 5.57 Å². The smallest absolute Gasteiger partial charge is 0.207 e. The molecule has 3 aromatic rings. The zero-order chi connectivity index (χ0) is 30.6. The van der Waals surface area contributed by atoms with Crippen molar-refractivity contribution in [2.45, 2.75) is 12.8 Å². The number of rotatable bonds is 2. The van der Waals surface area contributed by atoms with Crippen LogP contribution in [0.1, 0.15) is 11.1 Å². The highest BCUT2D eigenvalue weighted by atomic mass is 19.2. The molecule has 0 saturated carbocycles. The largest absolute Gasteiger partial charge is 0.525 e. The summed E-state index contributed by atoms with van der Waals surface area (Å²) < 4.78 is 118. The van der Waals surface area contributed by atoms with Gasteiger partial charge in [-0.1, -0.05) is 0 Å². The highest BCUT2D eigenvalue weighted by Crippen LogP contribution is 2.40. The first kappa shape index (κ1) is 27.8. The Bertz CT molecular complexity index is 1930. The molecule has 0 unspecified atom stereocenters. The van der Waals surface area contributed by atoms with E-state index in [0.717, 1.165) is 0 Å². The minimum absolute atomic E-state index is 0.302. The Kier molecular flexibility index (Phi) is 6.65. The lowest BCUT2D eigenvalue weighted by atomic mass is 9.87. The van der Waals surface area contributed by atoms with Gasteiger partial charge >= 0.3 is 5.82 Å². The number of allylic oxidation sites excluding steroid dienone is 3. The van der Waals surface area contributed by atoms with Gasteiger partial charge in [0.15, 0.2) is 34.9 Å². The van der Waals surface area contributed by atoms with Gasteiger partial charge in [0.25, 0.3) is 0 Å². The van der Waals surface area contributed by atoms with E-state index in [-0.39, 0.29) is 11.1 Å².